The van der Waals surface area contributed by atoms with E-state index < -0.39 is 0 Å². The zero-order valence-electron chi connectivity index (χ0n) is 12.9. The molecule has 1 fully saturated rings. The van der Waals surface area contributed by atoms with Gasteiger partial charge in [-0.2, -0.15) is 0 Å². The van der Waals surface area contributed by atoms with E-state index in [0.29, 0.717) is 12.6 Å². The van der Waals surface area contributed by atoms with Gasteiger partial charge >= 0.3 is 0 Å². The summed E-state index contributed by atoms with van der Waals surface area (Å²) in [6, 6.07) is 4.85. The van der Waals surface area contributed by atoms with E-state index in [1.807, 2.05) is 13.0 Å². The van der Waals surface area contributed by atoms with E-state index in [1.165, 1.54) is 37.7 Å². The van der Waals surface area contributed by atoms with E-state index in [-0.39, 0.29) is 0 Å². The van der Waals surface area contributed by atoms with Crippen LogP contribution < -0.4 is 10.1 Å². The van der Waals surface area contributed by atoms with Crippen LogP contribution >= 0.6 is 31.9 Å². The van der Waals surface area contributed by atoms with Crippen molar-refractivity contribution in [2.24, 2.45) is 5.92 Å². The molecule has 2 atom stereocenters. The second kappa shape index (κ2) is 8.54. The largest absolute Gasteiger partial charge is 0.492 e. The van der Waals surface area contributed by atoms with Crippen LogP contribution in [0.4, 0.5) is 0 Å². The van der Waals surface area contributed by atoms with Gasteiger partial charge in [-0.1, -0.05) is 42.1 Å². The molecule has 21 heavy (non-hydrogen) atoms. The minimum absolute atomic E-state index is 0.649. The number of hydrogen-bond donors (Lipinski definition) is 1. The van der Waals surface area contributed by atoms with Crippen LogP contribution in [0.3, 0.4) is 0 Å². The van der Waals surface area contributed by atoms with E-state index in [1.54, 1.807) is 0 Å². The highest BCUT2D eigenvalue weighted by Crippen LogP contribution is 2.33. The molecule has 4 heteroatoms. The van der Waals surface area contributed by atoms with Gasteiger partial charge in [-0.15, -0.1) is 0 Å². The standard InChI is InChI=1S/C17H25Br2NO/c1-3-12-6-5-7-15(8-12)20-11-13-9-14(18)10-16(19)17(13)21-4-2/h9-10,12,15,20H,3-8,11H2,1-2H3. The first-order chi connectivity index (χ1) is 10.1. The molecule has 1 N–H and O–H groups in total. The number of benzene rings is 1. The Labute approximate surface area is 145 Å². The molecule has 0 amide bonds. The summed E-state index contributed by atoms with van der Waals surface area (Å²) in [7, 11) is 0. The van der Waals surface area contributed by atoms with E-state index in [0.717, 1.165) is 27.2 Å². The van der Waals surface area contributed by atoms with Crippen LogP contribution in [0.5, 0.6) is 5.75 Å². The molecule has 0 bridgehead atoms. The first-order valence-corrected chi connectivity index (χ1v) is 9.56. The van der Waals surface area contributed by atoms with E-state index in [9.17, 15) is 0 Å². The SMILES string of the molecule is CCOc1c(Br)cc(Br)cc1CNC1CCCC(CC)C1. The molecular formula is C17H25Br2NO. The fraction of sp³-hybridized carbons (Fsp3) is 0.647. The van der Waals surface area contributed by atoms with Gasteiger partial charge < -0.3 is 10.1 Å². The van der Waals surface area contributed by atoms with Crippen molar-refractivity contribution < 1.29 is 4.74 Å². The molecule has 1 saturated carbocycles. The molecule has 0 aromatic heterocycles. The summed E-state index contributed by atoms with van der Waals surface area (Å²) in [4.78, 5) is 0. The highest BCUT2D eigenvalue weighted by Gasteiger charge is 2.21. The molecule has 0 saturated heterocycles. The summed E-state index contributed by atoms with van der Waals surface area (Å²) in [6.07, 6.45) is 6.69. The normalized spacial score (nSPS) is 22.3. The molecule has 1 aliphatic rings. The fourth-order valence-corrected chi connectivity index (χ4v) is 4.58. The van der Waals surface area contributed by atoms with Crippen LogP contribution in [0.25, 0.3) is 0 Å². The molecule has 2 unspecified atom stereocenters. The lowest BCUT2D eigenvalue weighted by Crippen LogP contribution is -2.33. The number of rotatable bonds is 6. The average molecular weight is 419 g/mol. The van der Waals surface area contributed by atoms with Crippen molar-refractivity contribution >= 4 is 31.9 Å². The third kappa shape index (κ3) is 4.97. The van der Waals surface area contributed by atoms with Gasteiger partial charge in [0.05, 0.1) is 11.1 Å². The minimum Gasteiger partial charge on any atom is -0.492 e. The summed E-state index contributed by atoms with van der Waals surface area (Å²) < 4.78 is 7.90. The maximum Gasteiger partial charge on any atom is 0.138 e. The third-order valence-corrected chi connectivity index (χ3v) is 5.36. The predicted octanol–water partition coefficient (Wildman–Crippen LogP) is 5.67. The summed E-state index contributed by atoms with van der Waals surface area (Å²) in [5.74, 6) is 1.87. The zero-order valence-corrected chi connectivity index (χ0v) is 16.1. The summed E-state index contributed by atoms with van der Waals surface area (Å²) >= 11 is 7.17. The molecule has 2 nitrogen and oxygen atoms in total. The van der Waals surface area contributed by atoms with Crippen molar-refractivity contribution in [1.82, 2.24) is 5.32 Å². The van der Waals surface area contributed by atoms with E-state index in [2.05, 4.69) is 50.2 Å². The highest BCUT2D eigenvalue weighted by atomic mass is 79.9. The topological polar surface area (TPSA) is 21.3 Å². The third-order valence-electron chi connectivity index (χ3n) is 4.32. The number of nitrogens with one attached hydrogen (secondary N) is 1. The molecule has 1 aromatic rings. The molecule has 2 rings (SSSR count). The predicted molar refractivity (Wildman–Crippen MR) is 95.9 cm³/mol. The maximum atomic E-state index is 5.80. The van der Waals surface area contributed by atoms with Gasteiger partial charge in [0.1, 0.15) is 5.75 Å². The first kappa shape index (κ1) is 17.3. The monoisotopic (exact) mass is 417 g/mol. The Bertz CT molecular complexity index is 464. The van der Waals surface area contributed by atoms with Gasteiger partial charge in [0.25, 0.3) is 0 Å². The molecule has 1 aromatic carbocycles. The van der Waals surface area contributed by atoms with E-state index >= 15 is 0 Å². The number of halogens is 2. The van der Waals surface area contributed by atoms with Crippen molar-refractivity contribution in [1.29, 1.82) is 0 Å². The van der Waals surface area contributed by atoms with Crippen LogP contribution in [0.1, 0.15) is 51.5 Å². The van der Waals surface area contributed by atoms with Crippen molar-refractivity contribution in [3.63, 3.8) is 0 Å². The molecule has 118 valence electrons. The van der Waals surface area contributed by atoms with Gasteiger partial charge in [0.2, 0.25) is 0 Å². The Morgan fingerprint density at radius 1 is 1.24 bits per heavy atom. The maximum absolute atomic E-state index is 5.80. The number of ether oxygens (including phenoxy) is 1. The average Bonchev–Trinajstić information content (AvgIpc) is 2.48. The van der Waals surface area contributed by atoms with Gasteiger partial charge in [-0.3, -0.25) is 0 Å². The summed E-state index contributed by atoms with van der Waals surface area (Å²) in [5.41, 5.74) is 1.22. The molecule has 0 aliphatic heterocycles. The van der Waals surface area contributed by atoms with Crippen molar-refractivity contribution in [2.45, 2.75) is 58.5 Å². The van der Waals surface area contributed by atoms with Crippen molar-refractivity contribution in [3.05, 3.63) is 26.6 Å². The molecule has 0 spiro atoms. The molecule has 1 aliphatic carbocycles. The Morgan fingerprint density at radius 3 is 2.76 bits per heavy atom. The van der Waals surface area contributed by atoms with Crippen LogP contribution in [0.2, 0.25) is 0 Å². The molecule has 0 radical (unpaired) electrons. The van der Waals surface area contributed by atoms with Crippen LogP contribution in [-0.2, 0) is 6.54 Å². The Kier molecular flexibility index (Phi) is 7.03. The van der Waals surface area contributed by atoms with Gasteiger partial charge in [0, 0.05) is 22.6 Å². The van der Waals surface area contributed by atoms with Crippen LogP contribution in [0.15, 0.2) is 21.1 Å². The zero-order chi connectivity index (χ0) is 15.2. The quantitative estimate of drug-likeness (QED) is 0.642. The fourth-order valence-electron chi connectivity index (χ4n) is 3.15. The second-order valence-electron chi connectivity index (χ2n) is 5.83. The first-order valence-electron chi connectivity index (χ1n) is 7.98. The highest BCUT2D eigenvalue weighted by molar-refractivity contribution is 9.11. The second-order valence-corrected chi connectivity index (χ2v) is 7.60. The molecular weight excluding hydrogens is 394 g/mol. The summed E-state index contributed by atoms with van der Waals surface area (Å²) in [6.45, 7) is 5.90. The van der Waals surface area contributed by atoms with E-state index in [4.69, 9.17) is 4.74 Å². The summed E-state index contributed by atoms with van der Waals surface area (Å²) in [5, 5.41) is 3.73. The lowest BCUT2D eigenvalue weighted by Gasteiger charge is -2.29. The Balaban J connectivity index is 2.01. The van der Waals surface area contributed by atoms with Gasteiger partial charge in [-0.05, 0) is 53.7 Å². The lowest BCUT2D eigenvalue weighted by atomic mass is 9.84. The smallest absolute Gasteiger partial charge is 0.138 e. The van der Waals surface area contributed by atoms with Gasteiger partial charge in [0.15, 0.2) is 0 Å². The minimum atomic E-state index is 0.649. The lowest BCUT2D eigenvalue weighted by molar-refractivity contribution is 0.276. The van der Waals surface area contributed by atoms with Crippen LogP contribution in [-0.4, -0.2) is 12.6 Å². The Morgan fingerprint density at radius 2 is 2.05 bits per heavy atom. The molecule has 0 heterocycles. The van der Waals surface area contributed by atoms with Crippen molar-refractivity contribution in [3.8, 4) is 5.75 Å². The van der Waals surface area contributed by atoms with Crippen molar-refractivity contribution in [2.75, 3.05) is 6.61 Å². The number of hydrogen-bond acceptors (Lipinski definition) is 2. The van der Waals surface area contributed by atoms with Crippen LogP contribution in [0, 0.1) is 5.92 Å². The van der Waals surface area contributed by atoms with Gasteiger partial charge in [-0.25, -0.2) is 0 Å². The Hall–Kier alpha value is -0.0600.